The largest absolute Gasteiger partial charge is 0.497 e. The van der Waals surface area contributed by atoms with Gasteiger partial charge in [-0.3, -0.25) is 9.59 Å². The van der Waals surface area contributed by atoms with Crippen molar-refractivity contribution >= 4 is 32.7 Å². The quantitative estimate of drug-likeness (QED) is 0.627. The van der Waals surface area contributed by atoms with Crippen LogP contribution in [0, 0.1) is 0 Å². The molecule has 2 fully saturated rings. The van der Waals surface area contributed by atoms with Crippen molar-refractivity contribution in [3.63, 3.8) is 0 Å². The van der Waals surface area contributed by atoms with Crippen LogP contribution in [0.3, 0.4) is 0 Å². The number of hydrogen-bond donors (Lipinski definition) is 0. The summed E-state index contributed by atoms with van der Waals surface area (Å²) < 4.78 is 39.3. The highest BCUT2D eigenvalue weighted by Gasteiger charge is 2.42. The van der Waals surface area contributed by atoms with Crippen LogP contribution in [0.15, 0.2) is 28.9 Å². The van der Waals surface area contributed by atoms with Gasteiger partial charge in [0.05, 0.1) is 31.3 Å². The Bertz CT molecular complexity index is 1040. The summed E-state index contributed by atoms with van der Waals surface area (Å²) in [5, 5.41) is 0.782. The molecule has 0 spiro atoms. The zero-order valence-corrected chi connectivity index (χ0v) is 16.9. The SMILES string of the molecule is COc1ccc2c(CC(=O)OCC(=O)N(C3CC3)[C@@H]3CCS(=O)(=O)C3)coc2c1. The van der Waals surface area contributed by atoms with Gasteiger partial charge in [0.2, 0.25) is 0 Å². The molecule has 4 rings (SSSR count). The van der Waals surface area contributed by atoms with Crippen molar-refractivity contribution in [2.24, 2.45) is 0 Å². The highest BCUT2D eigenvalue weighted by molar-refractivity contribution is 7.91. The molecule has 9 heteroatoms. The summed E-state index contributed by atoms with van der Waals surface area (Å²) in [7, 11) is -1.53. The zero-order chi connectivity index (χ0) is 20.6. The van der Waals surface area contributed by atoms with E-state index in [2.05, 4.69) is 0 Å². The van der Waals surface area contributed by atoms with Crippen LogP contribution in [-0.4, -0.2) is 62.5 Å². The first-order valence-electron chi connectivity index (χ1n) is 9.57. The van der Waals surface area contributed by atoms with Gasteiger partial charge < -0.3 is 18.8 Å². The Morgan fingerprint density at radius 3 is 2.66 bits per heavy atom. The fourth-order valence-corrected chi connectivity index (χ4v) is 5.51. The van der Waals surface area contributed by atoms with Crippen molar-refractivity contribution in [3.05, 3.63) is 30.0 Å². The van der Waals surface area contributed by atoms with Crippen LogP contribution >= 0.6 is 0 Å². The van der Waals surface area contributed by atoms with E-state index in [1.165, 1.54) is 6.26 Å². The molecule has 2 aliphatic rings. The summed E-state index contributed by atoms with van der Waals surface area (Å²) in [6.07, 6.45) is 3.64. The first kappa shape index (κ1) is 19.8. The summed E-state index contributed by atoms with van der Waals surface area (Å²) in [5.41, 5.74) is 1.27. The molecule has 0 unspecified atom stereocenters. The predicted octanol–water partition coefficient (Wildman–Crippen LogP) is 1.71. The second kappa shape index (κ2) is 7.70. The molecular weight excluding hydrogens is 398 g/mol. The number of carbonyl (C=O) groups is 2. The van der Waals surface area contributed by atoms with Crippen LogP contribution in [0.25, 0.3) is 11.0 Å². The molecule has 8 nitrogen and oxygen atoms in total. The standard InChI is InChI=1S/C20H23NO7S/c1-26-16-4-5-17-13(10-27-18(17)9-16)8-20(23)28-11-19(22)21(14-2-3-14)15-6-7-29(24,25)12-15/h4-5,9-10,14-15H,2-3,6-8,11-12H2,1H3/t15-/m1/s1. The maximum absolute atomic E-state index is 12.6. The Morgan fingerprint density at radius 2 is 2.00 bits per heavy atom. The van der Waals surface area contributed by atoms with Crippen molar-refractivity contribution in [1.82, 2.24) is 4.90 Å². The van der Waals surface area contributed by atoms with Crippen LogP contribution in [0.2, 0.25) is 0 Å². The zero-order valence-electron chi connectivity index (χ0n) is 16.1. The van der Waals surface area contributed by atoms with Crippen molar-refractivity contribution in [2.75, 3.05) is 25.2 Å². The summed E-state index contributed by atoms with van der Waals surface area (Å²) in [6.45, 7) is -0.379. The van der Waals surface area contributed by atoms with Gasteiger partial charge in [-0.2, -0.15) is 0 Å². The van der Waals surface area contributed by atoms with Gasteiger partial charge in [-0.15, -0.1) is 0 Å². The Morgan fingerprint density at radius 1 is 1.21 bits per heavy atom. The Hall–Kier alpha value is -2.55. The molecule has 1 saturated carbocycles. The van der Waals surface area contributed by atoms with Crippen molar-refractivity contribution < 1.29 is 31.9 Å². The maximum atomic E-state index is 12.6. The lowest BCUT2D eigenvalue weighted by molar-refractivity contribution is -0.152. The molecule has 1 atom stereocenters. The Balaban J connectivity index is 1.36. The van der Waals surface area contributed by atoms with E-state index < -0.39 is 15.8 Å². The molecule has 2 aromatic rings. The normalized spacial score (nSPS) is 20.5. The molecule has 156 valence electrons. The molecule has 1 amide bonds. The number of carbonyl (C=O) groups excluding carboxylic acids is 2. The fourth-order valence-electron chi connectivity index (χ4n) is 3.80. The molecular formula is C20H23NO7S. The lowest BCUT2D eigenvalue weighted by Crippen LogP contribution is -2.44. The number of hydrogen-bond acceptors (Lipinski definition) is 7. The van der Waals surface area contributed by atoms with Gasteiger partial charge >= 0.3 is 5.97 Å². The van der Waals surface area contributed by atoms with Gasteiger partial charge in [-0.05, 0) is 31.4 Å². The number of esters is 1. The van der Waals surface area contributed by atoms with Crippen LogP contribution in [0.1, 0.15) is 24.8 Å². The average Bonchev–Trinajstić information content (AvgIpc) is 3.35. The van der Waals surface area contributed by atoms with E-state index in [0.717, 1.165) is 18.2 Å². The van der Waals surface area contributed by atoms with Gasteiger partial charge in [0.1, 0.15) is 11.3 Å². The summed E-state index contributed by atoms with van der Waals surface area (Å²) in [6, 6.07) is 5.07. The topological polar surface area (TPSA) is 103 Å². The Kier molecular flexibility index (Phi) is 5.24. The first-order valence-corrected chi connectivity index (χ1v) is 11.4. The molecule has 1 saturated heterocycles. The Labute approximate surface area is 168 Å². The van der Waals surface area contributed by atoms with Gasteiger partial charge in [0, 0.05) is 29.1 Å². The van der Waals surface area contributed by atoms with Crippen LogP contribution in [0.4, 0.5) is 0 Å². The van der Waals surface area contributed by atoms with Crippen LogP contribution < -0.4 is 4.74 Å². The number of nitrogens with zero attached hydrogens (tertiary/aromatic N) is 1. The van der Waals surface area contributed by atoms with E-state index in [4.69, 9.17) is 13.9 Å². The summed E-state index contributed by atoms with van der Waals surface area (Å²) in [5.74, 6) is -0.114. The minimum atomic E-state index is -3.09. The lowest BCUT2D eigenvalue weighted by atomic mass is 10.1. The van der Waals surface area contributed by atoms with Crippen molar-refractivity contribution in [2.45, 2.75) is 37.8 Å². The molecule has 1 aliphatic carbocycles. The monoisotopic (exact) mass is 421 g/mol. The number of methoxy groups -OCH3 is 1. The lowest BCUT2D eigenvalue weighted by Gasteiger charge is -2.28. The average molecular weight is 421 g/mol. The molecule has 0 radical (unpaired) electrons. The number of furan rings is 1. The van der Waals surface area contributed by atoms with E-state index in [-0.39, 0.29) is 42.5 Å². The molecule has 2 heterocycles. The van der Waals surface area contributed by atoms with E-state index in [0.29, 0.717) is 23.3 Å². The van der Waals surface area contributed by atoms with Gasteiger partial charge in [0.15, 0.2) is 16.4 Å². The smallest absolute Gasteiger partial charge is 0.310 e. The number of sulfone groups is 1. The first-order chi connectivity index (χ1) is 13.9. The molecule has 1 aromatic carbocycles. The number of rotatable bonds is 7. The van der Waals surface area contributed by atoms with Crippen LogP contribution in [-0.2, 0) is 30.6 Å². The van der Waals surface area contributed by atoms with E-state index in [1.807, 2.05) is 0 Å². The van der Waals surface area contributed by atoms with Crippen LogP contribution in [0.5, 0.6) is 5.75 Å². The summed E-state index contributed by atoms with van der Waals surface area (Å²) >= 11 is 0. The molecule has 29 heavy (non-hydrogen) atoms. The number of amides is 1. The highest BCUT2D eigenvalue weighted by atomic mass is 32.2. The third-order valence-electron chi connectivity index (χ3n) is 5.38. The second-order valence-electron chi connectivity index (χ2n) is 7.55. The fraction of sp³-hybridized carbons (Fsp3) is 0.500. The van der Waals surface area contributed by atoms with Gasteiger partial charge in [-0.25, -0.2) is 8.42 Å². The minimum Gasteiger partial charge on any atom is -0.497 e. The third kappa shape index (κ3) is 4.39. The molecule has 1 aromatic heterocycles. The molecule has 1 aliphatic heterocycles. The summed E-state index contributed by atoms with van der Waals surface area (Å²) in [4.78, 5) is 26.5. The van der Waals surface area contributed by atoms with E-state index >= 15 is 0 Å². The minimum absolute atomic E-state index is 0.00629. The second-order valence-corrected chi connectivity index (χ2v) is 9.78. The maximum Gasteiger partial charge on any atom is 0.310 e. The number of ether oxygens (including phenoxy) is 2. The number of fused-ring (bicyclic) bond motifs is 1. The highest BCUT2D eigenvalue weighted by Crippen LogP contribution is 2.32. The molecule has 0 bridgehead atoms. The molecule has 0 N–H and O–H groups in total. The van der Waals surface area contributed by atoms with Gasteiger partial charge in [-0.1, -0.05) is 0 Å². The van der Waals surface area contributed by atoms with E-state index in [1.54, 1.807) is 30.2 Å². The van der Waals surface area contributed by atoms with E-state index in [9.17, 15) is 18.0 Å². The van der Waals surface area contributed by atoms with Crippen molar-refractivity contribution in [3.8, 4) is 5.75 Å². The van der Waals surface area contributed by atoms with Gasteiger partial charge in [0.25, 0.3) is 5.91 Å². The predicted molar refractivity (Wildman–Crippen MR) is 104 cm³/mol. The third-order valence-corrected chi connectivity index (χ3v) is 7.13. The van der Waals surface area contributed by atoms with Crippen molar-refractivity contribution in [1.29, 1.82) is 0 Å². The number of benzene rings is 1.